The maximum atomic E-state index is 13.6. The molecule has 1 unspecified atom stereocenters. The summed E-state index contributed by atoms with van der Waals surface area (Å²) in [6, 6.07) is 8.92. The predicted octanol–water partition coefficient (Wildman–Crippen LogP) is 4.00. The van der Waals surface area contributed by atoms with Crippen LogP contribution >= 0.6 is 0 Å². The summed E-state index contributed by atoms with van der Waals surface area (Å²) in [5, 5.41) is 12.4. The standard InChI is InChI=1S/C24H29F3N4O4/c1-14(2)34-10-11-35-20-9-6-17(12-19(20)24(25,26)27)15(3)30-21(32)13-22(33)31-18-7-4-16(5-8-18)23(28)29/h4-9,12,14-15H,10-11,13H2,1-3H3,(H3,28,29)(H,30,32)(H,31,33). The van der Waals surface area contributed by atoms with E-state index in [1.165, 1.54) is 31.2 Å². The van der Waals surface area contributed by atoms with Crippen LogP contribution in [0, 0.1) is 5.41 Å². The van der Waals surface area contributed by atoms with Crippen LogP contribution in [-0.4, -0.2) is 37.0 Å². The number of hydrogen-bond donors (Lipinski definition) is 4. The Kier molecular flexibility index (Phi) is 9.64. The number of amides is 2. The van der Waals surface area contributed by atoms with E-state index in [9.17, 15) is 22.8 Å². The second-order valence-corrected chi connectivity index (χ2v) is 8.03. The van der Waals surface area contributed by atoms with E-state index in [-0.39, 0.29) is 36.5 Å². The van der Waals surface area contributed by atoms with Gasteiger partial charge >= 0.3 is 6.18 Å². The fourth-order valence-electron chi connectivity index (χ4n) is 3.06. The molecule has 0 heterocycles. The zero-order valence-corrected chi connectivity index (χ0v) is 19.7. The molecule has 0 aliphatic rings. The Hall–Kier alpha value is -3.60. The lowest BCUT2D eigenvalue weighted by molar-refractivity contribution is -0.139. The van der Waals surface area contributed by atoms with Gasteiger partial charge in [0.2, 0.25) is 11.8 Å². The fourth-order valence-corrected chi connectivity index (χ4v) is 3.06. The lowest BCUT2D eigenvalue weighted by atomic mass is 10.0. The summed E-state index contributed by atoms with van der Waals surface area (Å²) in [7, 11) is 0. The van der Waals surface area contributed by atoms with Crippen LogP contribution in [0.1, 0.15) is 49.9 Å². The summed E-state index contributed by atoms with van der Waals surface area (Å²) in [5.74, 6) is -1.71. The molecular formula is C24H29F3N4O4. The van der Waals surface area contributed by atoms with Gasteiger partial charge in [0.25, 0.3) is 0 Å². The number of nitrogens with one attached hydrogen (secondary N) is 3. The lowest BCUT2D eigenvalue weighted by Gasteiger charge is -2.19. The van der Waals surface area contributed by atoms with Gasteiger partial charge in [-0.2, -0.15) is 13.2 Å². The van der Waals surface area contributed by atoms with Crippen LogP contribution in [0.2, 0.25) is 0 Å². The van der Waals surface area contributed by atoms with Gasteiger partial charge in [-0.05, 0) is 62.7 Å². The number of carbonyl (C=O) groups is 2. The minimum atomic E-state index is -4.66. The molecule has 0 saturated carbocycles. The molecule has 190 valence electrons. The third kappa shape index (κ3) is 8.93. The van der Waals surface area contributed by atoms with E-state index in [4.69, 9.17) is 20.6 Å². The Labute approximate surface area is 201 Å². The summed E-state index contributed by atoms with van der Waals surface area (Å²) in [5.41, 5.74) is 5.50. The van der Waals surface area contributed by atoms with E-state index in [2.05, 4.69) is 10.6 Å². The van der Waals surface area contributed by atoms with Crippen LogP contribution in [0.5, 0.6) is 5.75 Å². The lowest BCUT2D eigenvalue weighted by Crippen LogP contribution is -2.30. The predicted molar refractivity (Wildman–Crippen MR) is 125 cm³/mol. The smallest absolute Gasteiger partial charge is 0.419 e. The summed E-state index contributed by atoms with van der Waals surface area (Å²) in [6.45, 7) is 5.23. The topological polar surface area (TPSA) is 127 Å². The maximum Gasteiger partial charge on any atom is 0.419 e. The van der Waals surface area contributed by atoms with Crippen LogP contribution in [0.25, 0.3) is 0 Å². The number of hydrogen-bond acceptors (Lipinski definition) is 5. The molecule has 11 heteroatoms. The molecule has 0 fully saturated rings. The average molecular weight is 495 g/mol. The summed E-state index contributed by atoms with van der Waals surface area (Å²) in [6.07, 6.45) is -5.25. The number of nitrogen functional groups attached to an aromatic ring is 1. The zero-order chi connectivity index (χ0) is 26.2. The molecule has 35 heavy (non-hydrogen) atoms. The van der Waals surface area contributed by atoms with Gasteiger partial charge in [-0.25, -0.2) is 0 Å². The van der Waals surface area contributed by atoms with Crippen molar-refractivity contribution in [2.24, 2.45) is 5.73 Å². The first-order valence-corrected chi connectivity index (χ1v) is 10.9. The molecule has 2 amide bonds. The van der Waals surface area contributed by atoms with Gasteiger partial charge < -0.3 is 25.8 Å². The van der Waals surface area contributed by atoms with Crippen molar-refractivity contribution in [3.63, 3.8) is 0 Å². The minimum Gasteiger partial charge on any atom is -0.491 e. The van der Waals surface area contributed by atoms with Crippen molar-refractivity contribution in [2.45, 2.75) is 45.5 Å². The molecule has 0 aliphatic heterocycles. The summed E-state index contributed by atoms with van der Waals surface area (Å²) < 4.78 is 51.2. The number of rotatable bonds is 11. The van der Waals surface area contributed by atoms with Crippen LogP contribution in [-0.2, 0) is 20.5 Å². The number of carbonyl (C=O) groups excluding carboxylic acids is 2. The van der Waals surface area contributed by atoms with Gasteiger partial charge in [0, 0.05) is 11.3 Å². The van der Waals surface area contributed by atoms with Crippen molar-refractivity contribution in [3.8, 4) is 5.75 Å². The molecule has 8 nitrogen and oxygen atoms in total. The molecule has 0 aliphatic carbocycles. The fraction of sp³-hybridized carbons (Fsp3) is 0.375. The van der Waals surface area contributed by atoms with Gasteiger partial charge in [-0.15, -0.1) is 0 Å². The highest BCUT2D eigenvalue weighted by Crippen LogP contribution is 2.37. The number of alkyl halides is 3. The van der Waals surface area contributed by atoms with Crippen molar-refractivity contribution in [2.75, 3.05) is 18.5 Å². The van der Waals surface area contributed by atoms with Crippen molar-refractivity contribution in [1.29, 1.82) is 5.41 Å². The quantitative estimate of drug-likeness (QED) is 0.163. The highest BCUT2D eigenvalue weighted by atomic mass is 19.4. The maximum absolute atomic E-state index is 13.6. The molecule has 2 rings (SSSR count). The molecule has 0 radical (unpaired) electrons. The van der Waals surface area contributed by atoms with Crippen LogP contribution in [0.4, 0.5) is 18.9 Å². The summed E-state index contributed by atoms with van der Waals surface area (Å²) >= 11 is 0. The van der Waals surface area contributed by atoms with Gasteiger partial charge in [0.05, 0.1) is 24.3 Å². The van der Waals surface area contributed by atoms with Crippen LogP contribution < -0.4 is 21.1 Å². The van der Waals surface area contributed by atoms with E-state index >= 15 is 0 Å². The molecule has 5 N–H and O–H groups in total. The van der Waals surface area contributed by atoms with Crippen molar-refractivity contribution < 1.29 is 32.2 Å². The molecule has 2 aromatic rings. The summed E-state index contributed by atoms with van der Waals surface area (Å²) in [4.78, 5) is 24.4. The van der Waals surface area contributed by atoms with Crippen LogP contribution in [0.15, 0.2) is 42.5 Å². The van der Waals surface area contributed by atoms with Gasteiger partial charge in [0.1, 0.15) is 24.6 Å². The number of ether oxygens (including phenoxy) is 2. The Bertz CT molecular complexity index is 1040. The molecular weight excluding hydrogens is 465 g/mol. The Balaban J connectivity index is 1.98. The number of nitrogens with two attached hydrogens (primary N) is 1. The van der Waals surface area contributed by atoms with E-state index < -0.39 is 36.0 Å². The Morgan fingerprint density at radius 1 is 1.03 bits per heavy atom. The Morgan fingerprint density at radius 3 is 2.26 bits per heavy atom. The van der Waals surface area contributed by atoms with Gasteiger partial charge in [-0.3, -0.25) is 15.0 Å². The second-order valence-electron chi connectivity index (χ2n) is 8.03. The van der Waals surface area contributed by atoms with E-state index in [0.717, 1.165) is 6.07 Å². The normalized spacial score (nSPS) is 12.2. The first-order valence-electron chi connectivity index (χ1n) is 10.9. The third-order valence-corrected chi connectivity index (χ3v) is 4.78. The molecule has 0 bridgehead atoms. The third-order valence-electron chi connectivity index (χ3n) is 4.78. The number of halogens is 3. The highest BCUT2D eigenvalue weighted by Gasteiger charge is 2.35. The van der Waals surface area contributed by atoms with Crippen molar-refractivity contribution >= 4 is 23.3 Å². The molecule has 0 saturated heterocycles. The first kappa shape index (κ1) is 27.6. The van der Waals surface area contributed by atoms with E-state index in [1.54, 1.807) is 12.1 Å². The molecule has 0 spiro atoms. The number of anilines is 1. The molecule has 0 aromatic heterocycles. The monoisotopic (exact) mass is 494 g/mol. The number of benzene rings is 2. The first-order chi connectivity index (χ1) is 16.4. The highest BCUT2D eigenvalue weighted by molar-refractivity contribution is 6.04. The Morgan fingerprint density at radius 2 is 1.69 bits per heavy atom. The zero-order valence-electron chi connectivity index (χ0n) is 19.7. The van der Waals surface area contributed by atoms with Crippen molar-refractivity contribution in [3.05, 3.63) is 59.2 Å². The largest absolute Gasteiger partial charge is 0.491 e. The molecule has 1 atom stereocenters. The SMILES string of the molecule is CC(C)OCCOc1ccc(C(C)NC(=O)CC(=O)Nc2ccc(C(=N)N)cc2)cc1C(F)(F)F. The minimum absolute atomic E-state index is 0.0422. The number of amidine groups is 1. The van der Waals surface area contributed by atoms with Crippen LogP contribution in [0.3, 0.4) is 0 Å². The van der Waals surface area contributed by atoms with Gasteiger partial charge in [0.15, 0.2) is 0 Å². The molecule has 2 aromatic carbocycles. The van der Waals surface area contributed by atoms with Crippen molar-refractivity contribution in [1.82, 2.24) is 5.32 Å². The van der Waals surface area contributed by atoms with Gasteiger partial charge in [-0.1, -0.05) is 6.07 Å². The van der Waals surface area contributed by atoms with E-state index in [1.807, 2.05) is 13.8 Å². The van der Waals surface area contributed by atoms with E-state index in [0.29, 0.717) is 11.3 Å². The second kappa shape index (κ2) is 12.2. The average Bonchev–Trinajstić information content (AvgIpc) is 2.76.